The minimum Gasteiger partial charge on any atom is -0.396 e. The summed E-state index contributed by atoms with van der Waals surface area (Å²) < 4.78 is 0. The molecule has 3 nitrogen and oxygen atoms in total. The normalized spacial score (nSPS) is 12.0. The Labute approximate surface area is 101 Å². The highest BCUT2D eigenvalue weighted by molar-refractivity contribution is 7.10. The van der Waals surface area contributed by atoms with Crippen molar-refractivity contribution in [3.63, 3.8) is 0 Å². The van der Waals surface area contributed by atoms with Gasteiger partial charge in [0.25, 0.3) is 0 Å². The van der Waals surface area contributed by atoms with E-state index in [0.29, 0.717) is 6.54 Å². The van der Waals surface area contributed by atoms with Crippen LogP contribution >= 0.6 is 11.3 Å². The van der Waals surface area contributed by atoms with Crippen molar-refractivity contribution in [3.8, 4) is 0 Å². The van der Waals surface area contributed by atoms with E-state index in [1.54, 1.807) is 11.3 Å². The van der Waals surface area contributed by atoms with Crippen molar-refractivity contribution in [2.24, 2.45) is 5.41 Å². The van der Waals surface area contributed by atoms with Gasteiger partial charge in [0.2, 0.25) is 0 Å². The summed E-state index contributed by atoms with van der Waals surface area (Å²) in [7, 11) is 0. The van der Waals surface area contributed by atoms with Crippen LogP contribution in [0, 0.1) is 5.41 Å². The first-order chi connectivity index (χ1) is 7.65. The second-order valence-corrected chi connectivity index (χ2v) is 5.45. The largest absolute Gasteiger partial charge is 0.396 e. The molecule has 0 atom stereocenters. The summed E-state index contributed by atoms with van der Waals surface area (Å²) >= 11 is 1.75. The maximum absolute atomic E-state index is 9.15. The molecule has 1 aromatic heterocycles. The molecule has 0 spiro atoms. The minimum absolute atomic E-state index is 0.00156. The monoisotopic (exact) mass is 243 g/mol. The number of aliphatic hydroxyl groups is 2. The molecule has 0 aromatic carbocycles. The van der Waals surface area contributed by atoms with Crippen LogP contribution in [-0.2, 0) is 13.0 Å². The van der Waals surface area contributed by atoms with Crippen molar-refractivity contribution < 1.29 is 10.2 Å². The molecule has 1 heterocycles. The Kier molecular flexibility index (Phi) is 5.41. The Morgan fingerprint density at radius 1 is 1.38 bits per heavy atom. The van der Waals surface area contributed by atoms with Crippen molar-refractivity contribution in [2.75, 3.05) is 19.8 Å². The SMILES string of the molecule is CCc1ccsc1CNCC(C)(CO)CO. The first-order valence-electron chi connectivity index (χ1n) is 5.63. The van der Waals surface area contributed by atoms with E-state index in [1.165, 1.54) is 10.4 Å². The third kappa shape index (κ3) is 3.56. The van der Waals surface area contributed by atoms with Crippen LogP contribution in [0.25, 0.3) is 0 Å². The molecule has 0 unspecified atom stereocenters. The van der Waals surface area contributed by atoms with Gasteiger partial charge in [-0.15, -0.1) is 11.3 Å². The van der Waals surface area contributed by atoms with Crippen molar-refractivity contribution in [1.82, 2.24) is 5.32 Å². The molecule has 0 radical (unpaired) electrons. The fourth-order valence-electron chi connectivity index (χ4n) is 1.48. The number of rotatable bonds is 7. The Morgan fingerprint density at radius 3 is 2.62 bits per heavy atom. The molecule has 0 fully saturated rings. The molecule has 0 saturated heterocycles. The van der Waals surface area contributed by atoms with Gasteiger partial charge in [-0.3, -0.25) is 0 Å². The molecule has 1 aromatic rings. The van der Waals surface area contributed by atoms with Crippen LogP contribution in [0.5, 0.6) is 0 Å². The third-order valence-corrected chi connectivity index (χ3v) is 3.78. The molecule has 0 bridgehead atoms. The van der Waals surface area contributed by atoms with Gasteiger partial charge < -0.3 is 15.5 Å². The van der Waals surface area contributed by atoms with Crippen LogP contribution in [0.15, 0.2) is 11.4 Å². The first kappa shape index (κ1) is 13.6. The van der Waals surface area contributed by atoms with Crippen LogP contribution in [0.3, 0.4) is 0 Å². The van der Waals surface area contributed by atoms with E-state index in [1.807, 2.05) is 6.92 Å². The molecule has 4 heteroatoms. The third-order valence-electron chi connectivity index (χ3n) is 2.82. The van der Waals surface area contributed by atoms with Crippen molar-refractivity contribution >= 4 is 11.3 Å². The van der Waals surface area contributed by atoms with E-state index in [-0.39, 0.29) is 13.2 Å². The van der Waals surface area contributed by atoms with E-state index < -0.39 is 5.41 Å². The lowest BCUT2D eigenvalue weighted by Gasteiger charge is -2.24. The second-order valence-electron chi connectivity index (χ2n) is 4.45. The zero-order valence-electron chi connectivity index (χ0n) is 9.99. The first-order valence-corrected chi connectivity index (χ1v) is 6.51. The molecule has 16 heavy (non-hydrogen) atoms. The summed E-state index contributed by atoms with van der Waals surface area (Å²) in [5.41, 5.74) is 0.955. The van der Waals surface area contributed by atoms with Gasteiger partial charge in [0.1, 0.15) is 0 Å². The van der Waals surface area contributed by atoms with Gasteiger partial charge in [-0.05, 0) is 23.4 Å². The number of thiophene rings is 1. The highest BCUT2D eigenvalue weighted by atomic mass is 32.1. The van der Waals surface area contributed by atoms with E-state index >= 15 is 0 Å². The molecule has 1 rings (SSSR count). The summed E-state index contributed by atoms with van der Waals surface area (Å²) in [5, 5.41) is 23.7. The van der Waals surface area contributed by atoms with Gasteiger partial charge in [-0.25, -0.2) is 0 Å². The lowest BCUT2D eigenvalue weighted by molar-refractivity contribution is 0.0696. The minimum atomic E-state index is -0.427. The predicted octanol–water partition coefficient (Wildman–Crippen LogP) is 1.39. The summed E-state index contributed by atoms with van der Waals surface area (Å²) in [6.45, 7) is 5.47. The Balaban J connectivity index is 2.41. The molecule has 0 saturated carbocycles. The maximum atomic E-state index is 9.15. The highest BCUT2D eigenvalue weighted by Crippen LogP contribution is 2.18. The highest BCUT2D eigenvalue weighted by Gasteiger charge is 2.21. The standard InChI is InChI=1S/C12H21NO2S/c1-3-10-4-5-16-11(10)6-13-7-12(2,8-14)9-15/h4-5,13-15H,3,6-9H2,1-2H3. The predicted molar refractivity (Wildman–Crippen MR) is 67.7 cm³/mol. The Morgan fingerprint density at radius 2 is 2.06 bits per heavy atom. The molecule has 0 aliphatic heterocycles. The van der Waals surface area contributed by atoms with Gasteiger partial charge in [0.15, 0.2) is 0 Å². The van der Waals surface area contributed by atoms with Gasteiger partial charge in [0, 0.05) is 23.4 Å². The lowest BCUT2D eigenvalue weighted by atomic mass is 9.93. The fourth-order valence-corrected chi connectivity index (χ4v) is 2.42. The molecule has 0 amide bonds. The van der Waals surface area contributed by atoms with Crippen LogP contribution in [-0.4, -0.2) is 30.0 Å². The van der Waals surface area contributed by atoms with E-state index in [2.05, 4.69) is 23.7 Å². The average molecular weight is 243 g/mol. The van der Waals surface area contributed by atoms with Crippen molar-refractivity contribution in [2.45, 2.75) is 26.8 Å². The number of aryl methyl sites for hydroxylation is 1. The molecular formula is C12H21NO2S. The summed E-state index contributed by atoms with van der Waals surface area (Å²) in [6.07, 6.45) is 1.05. The van der Waals surface area contributed by atoms with Crippen molar-refractivity contribution in [3.05, 3.63) is 21.9 Å². The Bertz CT molecular complexity index is 308. The number of hydrogen-bond acceptors (Lipinski definition) is 4. The van der Waals surface area contributed by atoms with Gasteiger partial charge in [0.05, 0.1) is 13.2 Å². The van der Waals surface area contributed by atoms with Crippen LogP contribution in [0.2, 0.25) is 0 Å². The van der Waals surface area contributed by atoms with Crippen LogP contribution in [0.1, 0.15) is 24.3 Å². The summed E-state index contributed by atoms with van der Waals surface area (Å²) in [5.74, 6) is 0. The molecule has 0 aliphatic carbocycles. The van der Waals surface area contributed by atoms with Crippen LogP contribution in [0.4, 0.5) is 0 Å². The average Bonchev–Trinajstić information content (AvgIpc) is 2.76. The maximum Gasteiger partial charge on any atom is 0.0518 e. The van der Waals surface area contributed by atoms with Crippen molar-refractivity contribution in [1.29, 1.82) is 0 Å². The van der Waals surface area contributed by atoms with E-state index in [0.717, 1.165) is 13.0 Å². The second kappa shape index (κ2) is 6.35. The van der Waals surface area contributed by atoms with Gasteiger partial charge in [-0.1, -0.05) is 13.8 Å². The van der Waals surface area contributed by atoms with Crippen LogP contribution < -0.4 is 5.32 Å². The smallest absolute Gasteiger partial charge is 0.0518 e. The van der Waals surface area contributed by atoms with E-state index in [9.17, 15) is 0 Å². The molecule has 3 N–H and O–H groups in total. The zero-order chi connectivity index (χ0) is 12.0. The number of hydrogen-bond donors (Lipinski definition) is 3. The zero-order valence-corrected chi connectivity index (χ0v) is 10.8. The fraction of sp³-hybridized carbons (Fsp3) is 0.667. The number of nitrogens with one attached hydrogen (secondary N) is 1. The summed E-state index contributed by atoms with van der Waals surface area (Å²) in [6, 6.07) is 2.15. The van der Waals surface area contributed by atoms with Gasteiger partial charge in [-0.2, -0.15) is 0 Å². The van der Waals surface area contributed by atoms with Gasteiger partial charge >= 0.3 is 0 Å². The molecule has 92 valence electrons. The molecule has 0 aliphatic rings. The van der Waals surface area contributed by atoms with E-state index in [4.69, 9.17) is 10.2 Å². The quantitative estimate of drug-likeness (QED) is 0.678. The Hall–Kier alpha value is -0.420. The number of aliphatic hydroxyl groups excluding tert-OH is 2. The summed E-state index contributed by atoms with van der Waals surface area (Å²) in [4.78, 5) is 1.35. The molecular weight excluding hydrogens is 222 g/mol. The lowest BCUT2D eigenvalue weighted by Crippen LogP contribution is -2.37. The topological polar surface area (TPSA) is 52.5 Å².